The molecule has 1 amide bonds. The molecule has 7 nitrogen and oxygen atoms in total. The molecule has 1 unspecified atom stereocenters. The molecule has 0 radical (unpaired) electrons. The van der Waals surface area contributed by atoms with E-state index >= 15 is 0 Å². The van der Waals surface area contributed by atoms with Gasteiger partial charge in [-0.15, -0.1) is 12.4 Å². The SMILES string of the molecule is Cl.O=C(Nc1cc([N+](=O)[O-])ccc1O)C1CCCNC1. The quantitative estimate of drug-likeness (QED) is 0.447. The van der Waals surface area contributed by atoms with Gasteiger partial charge in [-0.05, 0) is 25.5 Å². The molecule has 0 aromatic heterocycles. The fraction of sp³-hybridized carbons (Fsp3) is 0.417. The third-order valence-corrected chi connectivity index (χ3v) is 3.12. The maximum atomic E-state index is 12.0. The number of benzene rings is 1. The van der Waals surface area contributed by atoms with E-state index in [1.165, 1.54) is 12.1 Å². The third kappa shape index (κ3) is 3.82. The van der Waals surface area contributed by atoms with Crippen molar-refractivity contribution in [3.8, 4) is 5.75 Å². The summed E-state index contributed by atoms with van der Waals surface area (Å²) in [6.45, 7) is 1.48. The first-order valence-corrected chi connectivity index (χ1v) is 6.07. The average Bonchev–Trinajstić information content (AvgIpc) is 2.42. The number of amides is 1. The Kier molecular flexibility index (Phi) is 5.72. The highest BCUT2D eigenvalue weighted by Gasteiger charge is 2.22. The van der Waals surface area contributed by atoms with Crippen molar-refractivity contribution in [2.45, 2.75) is 12.8 Å². The van der Waals surface area contributed by atoms with Crippen LogP contribution in [0.1, 0.15) is 12.8 Å². The summed E-state index contributed by atoms with van der Waals surface area (Å²) in [5.74, 6) is -0.585. The number of halogens is 1. The van der Waals surface area contributed by atoms with Crippen LogP contribution in [0.25, 0.3) is 0 Å². The normalized spacial score (nSPS) is 17.9. The molecule has 0 bridgehead atoms. The zero-order chi connectivity index (χ0) is 13.8. The molecular weight excluding hydrogens is 286 g/mol. The summed E-state index contributed by atoms with van der Waals surface area (Å²) in [4.78, 5) is 22.0. The largest absolute Gasteiger partial charge is 0.506 e. The highest BCUT2D eigenvalue weighted by molar-refractivity contribution is 5.94. The van der Waals surface area contributed by atoms with Crippen LogP contribution in [0.5, 0.6) is 5.75 Å². The van der Waals surface area contributed by atoms with Crippen molar-refractivity contribution in [3.63, 3.8) is 0 Å². The summed E-state index contributed by atoms with van der Waals surface area (Å²) in [7, 11) is 0. The van der Waals surface area contributed by atoms with Gasteiger partial charge >= 0.3 is 0 Å². The van der Waals surface area contributed by atoms with Crippen LogP contribution in [0, 0.1) is 16.0 Å². The van der Waals surface area contributed by atoms with Crippen LogP contribution in [0.2, 0.25) is 0 Å². The molecule has 110 valence electrons. The molecule has 0 aliphatic carbocycles. The number of phenols is 1. The van der Waals surface area contributed by atoms with Crippen LogP contribution in [-0.4, -0.2) is 29.0 Å². The van der Waals surface area contributed by atoms with E-state index in [0.29, 0.717) is 6.54 Å². The minimum atomic E-state index is -0.572. The minimum Gasteiger partial charge on any atom is -0.506 e. The number of nitro groups is 1. The van der Waals surface area contributed by atoms with Gasteiger partial charge in [0.2, 0.25) is 5.91 Å². The van der Waals surface area contributed by atoms with E-state index in [-0.39, 0.29) is 41.4 Å². The molecule has 1 heterocycles. The van der Waals surface area contributed by atoms with Crippen molar-refractivity contribution in [1.82, 2.24) is 5.32 Å². The number of hydrogen-bond donors (Lipinski definition) is 3. The second-order valence-electron chi connectivity index (χ2n) is 4.49. The highest BCUT2D eigenvalue weighted by Crippen LogP contribution is 2.28. The topological polar surface area (TPSA) is 104 Å². The number of non-ortho nitro benzene ring substituents is 1. The summed E-state index contributed by atoms with van der Waals surface area (Å²) in [5.41, 5.74) is -0.0976. The van der Waals surface area contributed by atoms with Crippen LogP contribution < -0.4 is 10.6 Å². The van der Waals surface area contributed by atoms with Crippen molar-refractivity contribution in [3.05, 3.63) is 28.3 Å². The Balaban J connectivity index is 0.00000200. The fourth-order valence-corrected chi connectivity index (χ4v) is 2.05. The smallest absolute Gasteiger partial charge is 0.271 e. The van der Waals surface area contributed by atoms with E-state index < -0.39 is 4.92 Å². The maximum absolute atomic E-state index is 12.0. The van der Waals surface area contributed by atoms with Crippen molar-refractivity contribution in [2.24, 2.45) is 5.92 Å². The van der Waals surface area contributed by atoms with Gasteiger partial charge in [-0.1, -0.05) is 0 Å². The molecule has 1 aromatic rings. The molecule has 3 N–H and O–H groups in total. The molecule has 20 heavy (non-hydrogen) atoms. The molecule has 1 fully saturated rings. The number of carbonyl (C=O) groups is 1. The predicted octanol–water partition coefficient (Wildman–Crippen LogP) is 1.66. The third-order valence-electron chi connectivity index (χ3n) is 3.12. The van der Waals surface area contributed by atoms with E-state index in [0.717, 1.165) is 25.5 Å². The Morgan fingerprint density at radius 2 is 2.25 bits per heavy atom. The molecule has 2 rings (SSSR count). The number of aromatic hydroxyl groups is 1. The second kappa shape index (κ2) is 7.06. The Hall–Kier alpha value is -1.86. The lowest BCUT2D eigenvalue weighted by Gasteiger charge is -2.22. The summed E-state index contributed by atoms with van der Waals surface area (Å²) in [6.07, 6.45) is 1.69. The van der Waals surface area contributed by atoms with Crippen molar-refractivity contribution < 1.29 is 14.8 Å². The monoisotopic (exact) mass is 301 g/mol. The van der Waals surface area contributed by atoms with E-state index in [9.17, 15) is 20.0 Å². The Bertz CT molecular complexity index is 503. The number of nitrogens with one attached hydrogen (secondary N) is 2. The van der Waals surface area contributed by atoms with E-state index in [1.807, 2.05) is 0 Å². The lowest BCUT2D eigenvalue weighted by molar-refractivity contribution is -0.384. The van der Waals surface area contributed by atoms with Crippen molar-refractivity contribution in [2.75, 3.05) is 18.4 Å². The van der Waals surface area contributed by atoms with Crippen LogP contribution in [0.3, 0.4) is 0 Å². The van der Waals surface area contributed by atoms with Gasteiger partial charge in [0.15, 0.2) is 0 Å². The molecule has 1 aromatic carbocycles. The Morgan fingerprint density at radius 1 is 1.50 bits per heavy atom. The van der Waals surface area contributed by atoms with E-state index in [4.69, 9.17) is 0 Å². The first-order chi connectivity index (χ1) is 9.08. The molecule has 1 aliphatic rings. The van der Waals surface area contributed by atoms with Gasteiger partial charge in [0.1, 0.15) is 5.75 Å². The fourth-order valence-electron chi connectivity index (χ4n) is 2.05. The molecule has 1 aliphatic heterocycles. The van der Waals surface area contributed by atoms with Gasteiger partial charge in [-0.3, -0.25) is 14.9 Å². The first-order valence-electron chi connectivity index (χ1n) is 6.07. The lowest BCUT2D eigenvalue weighted by Crippen LogP contribution is -2.37. The number of carbonyl (C=O) groups excluding carboxylic acids is 1. The molecule has 0 saturated carbocycles. The van der Waals surface area contributed by atoms with Gasteiger partial charge in [0.05, 0.1) is 16.5 Å². The number of phenolic OH excluding ortho intramolecular Hbond substituents is 1. The zero-order valence-corrected chi connectivity index (χ0v) is 11.5. The highest BCUT2D eigenvalue weighted by atomic mass is 35.5. The molecular formula is C12H16ClN3O4. The second-order valence-corrected chi connectivity index (χ2v) is 4.49. The number of piperidine rings is 1. The number of nitrogens with zero attached hydrogens (tertiary/aromatic N) is 1. The molecule has 1 atom stereocenters. The van der Waals surface area contributed by atoms with Crippen LogP contribution in [0.4, 0.5) is 11.4 Å². The van der Waals surface area contributed by atoms with Gasteiger partial charge < -0.3 is 15.7 Å². The molecule has 0 spiro atoms. The van der Waals surface area contributed by atoms with Gasteiger partial charge in [0.25, 0.3) is 5.69 Å². The number of hydrogen-bond acceptors (Lipinski definition) is 5. The van der Waals surface area contributed by atoms with E-state index in [1.54, 1.807) is 0 Å². The number of anilines is 1. The minimum absolute atomic E-state index is 0. The van der Waals surface area contributed by atoms with Crippen molar-refractivity contribution >= 4 is 29.7 Å². The van der Waals surface area contributed by atoms with Gasteiger partial charge in [0, 0.05) is 18.7 Å². The summed E-state index contributed by atoms with van der Waals surface area (Å²) >= 11 is 0. The van der Waals surface area contributed by atoms with Gasteiger partial charge in [-0.2, -0.15) is 0 Å². The Morgan fingerprint density at radius 3 is 2.85 bits per heavy atom. The zero-order valence-electron chi connectivity index (χ0n) is 10.7. The standard InChI is InChI=1S/C12H15N3O4.ClH/c16-11-4-3-9(15(18)19)6-10(11)14-12(17)8-2-1-5-13-7-8;/h3-4,6,8,13,16H,1-2,5,7H2,(H,14,17);1H. The summed E-state index contributed by atoms with van der Waals surface area (Å²) in [5, 5.41) is 25.9. The van der Waals surface area contributed by atoms with Gasteiger partial charge in [-0.25, -0.2) is 0 Å². The van der Waals surface area contributed by atoms with Crippen molar-refractivity contribution in [1.29, 1.82) is 0 Å². The van der Waals surface area contributed by atoms with E-state index in [2.05, 4.69) is 10.6 Å². The lowest BCUT2D eigenvalue weighted by atomic mass is 9.99. The maximum Gasteiger partial charge on any atom is 0.271 e. The number of rotatable bonds is 3. The van der Waals surface area contributed by atoms with Crippen LogP contribution in [0.15, 0.2) is 18.2 Å². The summed E-state index contributed by atoms with van der Waals surface area (Å²) < 4.78 is 0. The molecule has 8 heteroatoms. The van der Waals surface area contributed by atoms with Crippen LogP contribution >= 0.6 is 12.4 Å². The van der Waals surface area contributed by atoms with Crippen LogP contribution in [-0.2, 0) is 4.79 Å². The Labute approximate surface area is 121 Å². The predicted molar refractivity (Wildman–Crippen MR) is 76.2 cm³/mol. The first kappa shape index (κ1) is 16.2. The molecule has 1 saturated heterocycles. The summed E-state index contributed by atoms with van der Waals surface area (Å²) in [6, 6.07) is 3.55. The average molecular weight is 302 g/mol. The number of nitro benzene ring substituents is 1.